The zero-order chi connectivity index (χ0) is 23.4. The molecule has 0 unspecified atom stereocenters. The summed E-state index contributed by atoms with van der Waals surface area (Å²) in [5.74, 6) is -0.545. The number of carboxylic acid groups (broad SMARTS) is 1. The van der Waals surface area contributed by atoms with Gasteiger partial charge in [-0.1, -0.05) is 54.3 Å². The van der Waals surface area contributed by atoms with E-state index in [-0.39, 0.29) is 18.9 Å². The van der Waals surface area contributed by atoms with Gasteiger partial charge < -0.3 is 9.84 Å². The van der Waals surface area contributed by atoms with Crippen molar-refractivity contribution in [2.75, 3.05) is 13.2 Å². The van der Waals surface area contributed by atoms with E-state index < -0.39 is 5.97 Å². The van der Waals surface area contributed by atoms with Gasteiger partial charge in [-0.3, -0.25) is 14.5 Å². The van der Waals surface area contributed by atoms with Gasteiger partial charge in [0.05, 0.1) is 23.6 Å². The summed E-state index contributed by atoms with van der Waals surface area (Å²) in [6, 6.07) is 17.3. The molecule has 1 amide bonds. The summed E-state index contributed by atoms with van der Waals surface area (Å²) < 4.78 is 7.76. The molecule has 1 aromatic heterocycles. The third-order valence-electron chi connectivity index (χ3n) is 4.89. The van der Waals surface area contributed by atoms with Crippen molar-refractivity contribution in [1.82, 2.24) is 14.7 Å². The molecule has 33 heavy (non-hydrogen) atoms. The summed E-state index contributed by atoms with van der Waals surface area (Å²) in [7, 11) is 0. The van der Waals surface area contributed by atoms with E-state index in [1.54, 1.807) is 10.8 Å². The minimum Gasteiger partial charge on any atom is -0.494 e. The Labute approximate surface area is 200 Å². The summed E-state index contributed by atoms with van der Waals surface area (Å²) >= 11 is 6.48. The topological polar surface area (TPSA) is 84.7 Å². The molecule has 1 N–H and O–H groups in total. The first-order chi connectivity index (χ1) is 16.0. The fraction of sp³-hybridized carbons (Fsp3) is 0.167. The van der Waals surface area contributed by atoms with Gasteiger partial charge in [0.2, 0.25) is 0 Å². The first-order valence-corrected chi connectivity index (χ1v) is 11.5. The number of carbonyl (C=O) groups excluding carboxylic acids is 1. The molecule has 1 aliphatic rings. The Bertz CT molecular complexity index is 1240. The zero-order valence-corrected chi connectivity index (χ0v) is 19.4. The number of carboxylic acids is 1. The smallest absolute Gasteiger partial charge is 0.305 e. The second kappa shape index (κ2) is 10.0. The summed E-state index contributed by atoms with van der Waals surface area (Å²) in [5, 5.41) is 13.7. The van der Waals surface area contributed by atoms with Crippen molar-refractivity contribution in [2.45, 2.75) is 13.3 Å². The largest absolute Gasteiger partial charge is 0.494 e. The van der Waals surface area contributed by atoms with Crippen LogP contribution < -0.4 is 4.74 Å². The van der Waals surface area contributed by atoms with Crippen LogP contribution in [0, 0.1) is 0 Å². The SMILES string of the molecule is CCOc1cccc(-c2nn(-c3ccccc3)cc2/C=C2\SC(=S)N(CCC(=O)O)C2=O)c1. The highest BCUT2D eigenvalue weighted by atomic mass is 32.2. The van der Waals surface area contributed by atoms with Crippen LogP contribution in [0.1, 0.15) is 18.9 Å². The number of thiocarbonyl (C=S) groups is 1. The Morgan fingerprint density at radius 2 is 2.00 bits per heavy atom. The fourth-order valence-corrected chi connectivity index (χ4v) is 4.67. The second-order valence-corrected chi connectivity index (χ2v) is 8.83. The number of carbonyl (C=O) groups is 2. The van der Waals surface area contributed by atoms with Crippen LogP contribution in [0.25, 0.3) is 23.0 Å². The van der Waals surface area contributed by atoms with Gasteiger partial charge in [-0.15, -0.1) is 0 Å². The Morgan fingerprint density at radius 3 is 2.73 bits per heavy atom. The molecule has 0 bridgehead atoms. The van der Waals surface area contributed by atoms with Crippen molar-refractivity contribution in [3.8, 4) is 22.7 Å². The van der Waals surface area contributed by atoms with Crippen LogP contribution in [0.2, 0.25) is 0 Å². The van der Waals surface area contributed by atoms with Gasteiger partial charge in [0, 0.05) is 23.9 Å². The molecular formula is C24H21N3O4S2. The number of benzene rings is 2. The van der Waals surface area contributed by atoms with Crippen molar-refractivity contribution < 1.29 is 19.4 Å². The number of rotatable bonds is 8. The van der Waals surface area contributed by atoms with Crippen molar-refractivity contribution in [3.05, 3.63) is 71.3 Å². The first-order valence-electron chi connectivity index (χ1n) is 10.3. The number of aliphatic carboxylic acids is 1. The van der Waals surface area contributed by atoms with E-state index in [0.29, 0.717) is 21.5 Å². The van der Waals surface area contributed by atoms with Crippen LogP contribution >= 0.6 is 24.0 Å². The molecule has 7 nitrogen and oxygen atoms in total. The standard InChI is InChI=1S/C24H21N3O4S2/c1-2-31-19-10-6-7-16(13-19)22-17(15-27(25-22)18-8-4-3-5-9-18)14-20-23(30)26(24(32)33-20)12-11-21(28)29/h3-10,13-15H,2,11-12H2,1H3,(H,28,29)/b20-14-. The molecule has 9 heteroatoms. The van der Waals surface area contributed by atoms with E-state index in [0.717, 1.165) is 34.3 Å². The maximum absolute atomic E-state index is 12.9. The minimum absolute atomic E-state index is 0.0455. The molecule has 0 saturated carbocycles. The number of ether oxygens (including phenoxy) is 1. The third-order valence-corrected chi connectivity index (χ3v) is 6.27. The highest BCUT2D eigenvalue weighted by molar-refractivity contribution is 8.26. The summed E-state index contributed by atoms with van der Waals surface area (Å²) in [5.41, 5.74) is 3.17. The highest BCUT2D eigenvalue weighted by Gasteiger charge is 2.32. The lowest BCUT2D eigenvalue weighted by atomic mass is 10.1. The quantitative estimate of drug-likeness (QED) is 0.373. The van der Waals surface area contributed by atoms with Crippen LogP contribution in [-0.4, -0.2) is 49.1 Å². The molecule has 0 spiro atoms. The van der Waals surface area contributed by atoms with Crippen LogP contribution in [0.3, 0.4) is 0 Å². The summed E-state index contributed by atoms with van der Waals surface area (Å²) in [6.45, 7) is 2.52. The van der Waals surface area contributed by atoms with E-state index in [4.69, 9.17) is 27.2 Å². The Kier molecular flexibility index (Phi) is 6.90. The number of hydrogen-bond acceptors (Lipinski definition) is 6. The summed E-state index contributed by atoms with van der Waals surface area (Å²) in [6.07, 6.45) is 3.46. The van der Waals surface area contributed by atoms with E-state index in [9.17, 15) is 9.59 Å². The lowest BCUT2D eigenvalue weighted by Gasteiger charge is -2.12. The van der Waals surface area contributed by atoms with E-state index >= 15 is 0 Å². The normalized spacial score (nSPS) is 14.8. The number of thioether (sulfide) groups is 1. The molecule has 1 fully saturated rings. The Balaban J connectivity index is 1.75. The number of amides is 1. The molecular weight excluding hydrogens is 458 g/mol. The molecule has 1 aliphatic heterocycles. The highest BCUT2D eigenvalue weighted by Crippen LogP contribution is 2.35. The van der Waals surface area contributed by atoms with E-state index in [2.05, 4.69) is 0 Å². The Morgan fingerprint density at radius 1 is 1.21 bits per heavy atom. The maximum Gasteiger partial charge on any atom is 0.305 e. The number of hydrogen-bond donors (Lipinski definition) is 1. The lowest BCUT2D eigenvalue weighted by Crippen LogP contribution is -2.30. The zero-order valence-electron chi connectivity index (χ0n) is 17.8. The van der Waals surface area contributed by atoms with Crippen molar-refractivity contribution in [2.24, 2.45) is 0 Å². The van der Waals surface area contributed by atoms with Gasteiger partial charge >= 0.3 is 5.97 Å². The predicted molar refractivity (Wildman–Crippen MR) is 132 cm³/mol. The van der Waals surface area contributed by atoms with Gasteiger partial charge in [-0.2, -0.15) is 5.10 Å². The van der Waals surface area contributed by atoms with Gasteiger partial charge in [0.15, 0.2) is 0 Å². The number of aromatic nitrogens is 2. The van der Waals surface area contributed by atoms with Crippen molar-refractivity contribution >= 4 is 46.3 Å². The van der Waals surface area contributed by atoms with Crippen molar-refractivity contribution in [1.29, 1.82) is 0 Å². The van der Waals surface area contributed by atoms with Gasteiger partial charge in [-0.25, -0.2) is 4.68 Å². The van der Waals surface area contributed by atoms with Gasteiger partial charge in [0.25, 0.3) is 5.91 Å². The van der Waals surface area contributed by atoms with E-state index in [1.807, 2.05) is 67.7 Å². The monoisotopic (exact) mass is 479 g/mol. The van der Waals surface area contributed by atoms with Crippen molar-refractivity contribution in [3.63, 3.8) is 0 Å². The molecule has 1 saturated heterocycles. The fourth-order valence-electron chi connectivity index (χ4n) is 3.37. The van der Waals surface area contributed by atoms with E-state index in [1.165, 1.54) is 4.90 Å². The molecule has 168 valence electrons. The molecule has 3 aromatic rings. The van der Waals surface area contributed by atoms with Crippen LogP contribution in [0.4, 0.5) is 0 Å². The third kappa shape index (κ3) is 5.15. The van der Waals surface area contributed by atoms with Gasteiger partial charge in [0.1, 0.15) is 15.8 Å². The molecule has 2 aromatic carbocycles. The van der Waals surface area contributed by atoms with Crippen LogP contribution in [0.15, 0.2) is 65.7 Å². The molecule has 2 heterocycles. The minimum atomic E-state index is -0.978. The maximum atomic E-state index is 12.9. The summed E-state index contributed by atoms with van der Waals surface area (Å²) in [4.78, 5) is 25.6. The second-order valence-electron chi connectivity index (χ2n) is 7.15. The number of para-hydroxylation sites is 1. The lowest BCUT2D eigenvalue weighted by molar-refractivity contribution is -0.137. The van der Waals surface area contributed by atoms with Crippen LogP contribution in [-0.2, 0) is 9.59 Å². The molecule has 4 rings (SSSR count). The first kappa shape index (κ1) is 22.8. The predicted octanol–water partition coefficient (Wildman–Crippen LogP) is 4.61. The molecule has 0 atom stereocenters. The van der Waals surface area contributed by atoms with Crippen LogP contribution in [0.5, 0.6) is 5.75 Å². The average molecular weight is 480 g/mol. The van der Waals surface area contributed by atoms with Gasteiger partial charge in [-0.05, 0) is 37.3 Å². The molecule has 0 radical (unpaired) electrons. The Hall–Kier alpha value is -3.43. The molecule has 0 aliphatic carbocycles. The number of nitrogens with zero attached hydrogens (tertiary/aromatic N) is 3. The average Bonchev–Trinajstić information content (AvgIpc) is 3.34.